The molecule has 62 valence electrons. The van der Waals surface area contributed by atoms with E-state index in [1.54, 1.807) is 0 Å². The number of hydrogen-bond acceptors (Lipinski definition) is 2. The zero-order valence-electron chi connectivity index (χ0n) is 7.31. The van der Waals surface area contributed by atoms with E-state index in [2.05, 4.69) is 13.8 Å². The molecule has 0 amide bonds. The molecule has 0 aromatic rings. The molecule has 1 aliphatic heterocycles. The van der Waals surface area contributed by atoms with Gasteiger partial charge in [-0.05, 0) is 19.8 Å². The third-order valence-electron chi connectivity index (χ3n) is 3.83. The number of fused-ring (bicyclic) bond motifs is 2. The first-order chi connectivity index (χ1) is 4.98. The third-order valence-corrected chi connectivity index (χ3v) is 3.83. The lowest BCUT2D eigenvalue weighted by Gasteiger charge is -2.27. The Labute approximate surface area is 66.9 Å². The fourth-order valence-electron chi connectivity index (χ4n) is 2.29. The second kappa shape index (κ2) is 1.62. The molecular weight excluding hydrogens is 140 g/mol. The minimum atomic E-state index is -0.197. The molecular formula is C9H14O2. The van der Waals surface area contributed by atoms with Gasteiger partial charge in [-0.15, -0.1) is 0 Å². The first kappa shape index (κ1) is 7.14. The molecule has 2 atom stereocenters. The van der Waals surface area contributed by atoms with Crippen LogP contribution in [0, 0.1) is 10.8 Å². The van der Waals surface area contributed by atoms with Crippen molar-refractivity contribution in [3.8, 4) is 0 Å². The van der Waals surface area contributed by atoms with Crippen molar-refractivity contribution in [1.82, 2.24) is 0 Å². The summed E-state index contributed by atoms with van der Waals surface area (Å²) in [5.74, 6) is 0.0127. The molecule has 2 heteroatoms. The highest BCUT2D eigenvalue weighted by molar-refractivity contribution is 5.81. The van der Waals surface area contributed by atoms with Crippen LogP contribution < -0.4 is 0 Å². The number of esters is 1. The summed E-state index contributed by atoms with van der Waals surface area (Å²) in [4.78, 5) is 11.4. The Morgan fingerprint density at radius 1 is 1.45 bits per heavy atom. The fourth-order valence-corrected chi connectivity index (χ4v) is 2.29. The van der Waals surface area contributed by atoms with Gasteiger partial charge in [-0.1, -0.05) is 13.8 Å². The van der Waals surface area contributed by atoms with E-state index in [1.807, 2.05) is 6.92 Å². The van der Waals surface area contributed by atoms with Crippen molar-refractivity contribution in [1.29, 1.82) is 0 Å². The van der Waals surface area contributed by atoms with E-state index >= 15 is 0 Å². The van der Waals surface area contributed by atoms with Crippen LogP contribution in [0.15, 0.2) is 0 Å². The van der Waals surface area contributed by atoms with Gasteiger partial charge in [-0.25, -0.2) is 0 Å². The monoisotopic (exact) mass is 154 g/mol. The minimum absolute atomic E-state index is 0.0127. The van der Waals surface area contributed by atoms with Crippen LogP contribution in [-0.4, -0.2) is 12.1 Å². The predicted molar refractivity (Wildman–Crippen MR) is 41.0 cm³/mol. The lowest BCUT2D eigenvalue weighted by Crippen LogP contribution is -2.32. The molecule has 1 saturated carbocycles. The van der Waals surface area contributed by atoms with Crippen LogP contribution >= 0.6 is 0 Å². The van der Waals surface area contributed by atoms with E-state index in [-0.39, 0.29) is 22.9 Å². The van der Waals surface area contributed by atoms with E-state index in [0.29, 0.717) is 0 Å². The first-order valence-electron chi connectivity index (χ1n) is 4.19. The maximum absolute atomic E-state index is 11.4. The topological polar surface area (TPSA) is 26.3 Å². The third kappa shape index (κ3) is 0.569. The highest BCUT2D eigenvalue weighted by Crippen LogP contribution is 2.59. The molecule has 1 heterocycles. The second-order valence-electron chi connectivity index (χ2n) is 4.49. The summed E-state index contributed by atoms with van der Waals surface area (Å²) in [5, 5.41) is 0. The summed E-state index contributed by atoms with van der Waals surface area (Å²) < 4.78 is 5.24. The summed E-state index contributed by atoms with van der Waals surface area (Å²) in [5.41, 5.74) is -0.137. The standard InChI is InChI=1S/C9H14O2/c1-8(2)6-4-5-9(8,3)7(10)11-6/h6H,4-5H2,1-3H3/t6-,9-/m1/s1. The molecule has 0 N–H and O–H groups in total. The van der Waals surface area contributed by atoms with E-state index in [9.17, 15) is 4.79 Å². The molecule has 0 radical (unpaired) electrons. The van der Waals surface area contributed by atoms with Crippen molar-refractivity contribution < 1.29 is 9.53 Å². The molecule has 1 saturated heterocycles. The first-order valence-corrected chi connectivity index (χ1v) is 4.19. The molecule has 2 nitrogen and oxygen atoms in total. The molecule has 2 bridgehead atoms. The Bertz CT molecular complexity index is 220. The van der Waals surface area contributed by atoms with Gasteiger partial charge in [0.25, 0.3) is 0 Å². The molecule has 2 rings (SSSR count). The van der Waals surface area contributed by atoms with E-state index in [4.69, 9.17) is 4.74 Å². The number of ether oxygens (including phenoxy) is 1. The molecule has 1 aliphatic carbocycles. The molecule has 11 heavy (non-hydrogen) atoms. The lowest BCUT2D eigenvalue weighted by molar-refractivity contribution is -0.152. The van der Waals surface area contributed by atoms with Crippen LogP contribution in [0.3, 0.4) is 0 Å². The van der Waals surface area contributed by atoms with Gasteiger partial charge in [0.2, 0.25) is 0 Å². The van der Waals surface area contributed by atoms with Gasteiger partial charge in [-0.2, -0.15) is 0 Å². The quantitative estimate of drug-likeness (QED) is 0.497. The summed E-state index contributed by atoms with van der Waals surface area (Å²) >= 11 is 0. The highest BCUT2D eigenvalue weighted by atomic mass is 16.6. The summed E-state index contributed by atoms with van der Waals surface area (Å²) in [7, 11) is 0. The normalized spacial score (nSPS) is 46.1. The second-order valence-corrected chi connectivity index (χ2v) is 4.49. The van der Waals surface area contributed by atoms with Crippen molar-refractivity contribution in [2.24, 2.45) is 10.8 Å². The Morgan fingerprint density at radius 2 is 2.09 bits per heavy atom. The van der Waals surface area contributed by atoms with E-state index in [0.717, 1.165) is 12.8 Å². The van der Waals surface area contributed by atoms with Crippen molar-refractivity contribution >= 4 is 5.97 Å². The van der Waals surface area contributed by atoms with Crippen molar-refractivity contribution in [3.63, 3.8) is 0 Å². The smallest absolute Gasteiger partial charge is 0.312 e. The van der Waals surface area contributed by atoms with Crippen LogP contribution in [0.25, 0.3) is 0 Å². The Morgan fingerprint density at radius 3 is 2.27 bits per heavy atom. The predicted octanol–water partition coefficient (Wildman–Crippen LogP) is 1.74. The van der Waals surface area contributed by atoms with E-state index in [1.165, 1.54) is 0 Å². The SMILES string of the molecule is CC1(C)[C@H]2CC[C@]1(C)C(=O)O2. The molecule has 0 aromatic carbocycles. The Balaban J connectivity index is 2.47. The summed E-state index contributed by atoms with van der Waals surface area (Å²) in [6.45, 7) is 6.30. The average molecular weight is 154 g/mol. The van der Waals surface area contributed by atoms with Gasteiger partial charge >= 0.3 is 5.97 Å². The molecule has 0 aromatic heterocycles. The maximum Gasteiger partial charge on any atom is 0.312 e. The zero-order valence-corrected chi connectivity index (χ0v) is 7.31. The molecule has 0 unspecified atom stereocenters. The van der Waals surface area contributed by atoms with Gasteiger partial charge in [0.15, 0.2) is 0 Å². The number of carbonyl (C=O) groups excluding carboxylic acids is 1. The van der Waals surface area contributed by atoms with Crippen molar-refractivity contribution in [2.45, 2.75) is 39.7 Å². The average Bonchev–Trinajstić information content (AvgIpc) is 2.20. The maximum atomic E-state index is 11.4. The van der Waals surface area contributed by atoms with Gasteiger partial charge in [0.1, 0.15) is 6.10 Å². The minimum Gasteiger partial charge on any atom is -0.461 e. The summed E-state index contributed by atoms with van der Waals surface area (Å²) in [6.07, 6.45) is 2.23. The molecule has 2 aliphatic rings. The van der Waals surface area contributed by atoms with E-state index < -0.39 is 0 Å². The van der Waals surface area contributed by atoms with Crippen molar-refractivity contribution in [2.75, 3.05) is 0 Å². The number of rotatable bonds is 0. The van der Waals surface area contributed by atoms with Gasteiger partial charge < -0.3 is 4.74 Å². The van der Waals surface area contributed by atoms with Crippen LogP contribution in [-0.2, 0) is 9.53 Å². The van der Waals surface area contributed by atoms with Crippen LogP contribution in [0.1, 0.15) is 33.6 Å². The van der Waals surface area contributed by atoms with Crippen molar-refractivity contribution in [3.05, 3.63) is 0 Å². The fraction of sp³-hybridized carbons (Fsp3) is 0.889. The van der Waals surface area contributed by atoms with Gasteiger partial charge in [-0.3, -0.25) is 4.79 Å². The Kier molecular flexibility index (Phi) is 1.05. The number of carbonyl (C=O) groups is 1. The summed E-state index contributed by atoms with van der Waals surface area (Å²) in [6, 6.07) is 0. The number of hydrogen-bond donors (Lipinski definition) is 0. The van der Waals surface area contributed by atoms with Gasteiger partial charge in [0.05, 0.1) is 5.41 Å². The zero-order chi connectivity index (χ0) is 8.28. The molecule has 2 fully saturated rings. The highest BCUT2D eigenvalue weighted by Gasteiger charge is 2.64. The van der Waals surface area contributed by atoms with Gasteiger partial charge in [0, 0.05) is 5.41 Å². The molecule has 0 spiro atoms. The lowest BCUT2D eigenvalue weighted by atomic mass is 9.70. The van der Waals surface area contributed by atoms with Crippen LogP contribution in [0.5, 0.6) is 0 Å². The van der Waals surface area contributed by atoms with Crippen LogP contribution in [0.4, 0.5) is 0 Å². The Hall–Kier alpha value is -0.530. The largest absolute Gasteiger partial charge is 0.461 e. The van der Waals surface area contributed by atoms with Crippen LogP contribution in [0.2, 0.25) is 0 Å².